The number of H-pyrrole nitrogens is 2. The summed E-state index contributed by atoms with van der Waals surface area (Å²) in [5, 5.41) is 0. The molecule has 0 unspecified atom stereocenters. The average molecular weight is 246 g/mol. The highest BCUT2D eigenvalue weighted by Gasteiger charge is 2.01. The molecule has 3 rings (SSSR count). The van der Waals surface area contributed by atoms with Crippen LogP contribution in [0.25, 0.3) is 11.2 Å². The summed E-state index contributed by atoms with van der Waals surface area (Å²) in [4.78, 5) is 30.8. The zero-order valence-corrected chi connectivity index (χ0v) is 9.16. The molecule has 1 amide bonds. The van der Waals surface area contributed by atoms with Crippen LogP contribution in [0, 0.1) is 0 Å². The first-order valence-electron chi connectivity index (χ1n) is 4.86. The summed E-state index contributed by atoms with van der Waals surface area (Å²) in [7, 11) is 0. The Morgan fingerprint density at radius 2 is 2.06 bits per heavy atom. The Morgan fingerprint density at radius 3 is 2.61 bits per heavy atom. The largest absolute Gasteiger partial charge is 0.384 e. The maximum atomic E-state index is 10.3. The van der Waals surface area contributed by atoms with Gasteiger partial charge in [0, 0.05) is 0 Å². The molecule has 0 bridgehead atoms. The van der Waals surface area contributed by atoms with Crippen LogP contribution >= 0.6 is 0 Å². The molecule has 92 valence electrons. The van der Waals surface area contributed by atoms with Crippen LogP contribution in [0.15, 0.2) is 25.0 Å². The number of nitrogen functional groups attached to an aromatic ring is 1. The summed E-state index contributed by atoms with van der Waals surface area (Å²) < 4.78 is 0. The van der Waals surface area contributed by atoms with Crippen molar-refractivity contribution >= 4 is 22.9 Å². The van der Waals surface area contributed by atoms with Crippen molar-refractivity contribution in [3.05, 3.63) is 30.9 Å². The number of imidazole rings is 2. The van der Waals surface area contributed by atoms with E-state index in [2.05, 4.69) is 29.9 Å². The Balaban J connectivity index is 0.000000134. The van der Waals surface area contributed by atoms with Crippen LogP contribution in [0.2, 0.25) is 0 Å². The van der Waals surface area contributed by atoms with E-state index >= 15 is 0 Å². The third kappa shape index (κ3) is 2.58. The van der Waals surface area contributed by atoms with Gasteiger partial charge in [-0.3, -0.25) is 4.79 Å². The van der Waals surface area contributed by atoms with E-state index in [4.69, 9.17) is 11.5 Å². The third-order valence-electron chi connectivity index (χ3n) is 1.93. The molecule has 3 heterocycles. The van der Waals surface area contributed by atoms with Gasteiger partial charge in [-0.05, 0) is 0 Å². The molecule has 3 aromatic heterocycles. The molecular formula is C9H10N8O. The fourth-order valence-electron chi connectivity index (χ4n) is 1.15. The quantitative estimate of drug-likeness (QED) is 0.451. The first-order chi connectivity index (χ1) is 8.66. The number of anilines is 1. The molecule has 0 fully saturated rings. The molecule has 9 nitrogen and oxygen atoms in total. The smallest absolute Gasteiger partial charge is 0.284 e. The number of nitrogens with one attached hydrogen (secondary N) is 2. The van der Waals surface area contributed by atoms with Crippen molar-refractivity contribution in [2.24, 2.45) is 5.73 Å². The lowest BCUT2D eigenvalue weighted by Crippen LogP contribution is -2.12. The lowest BCUT2D eigenvalue weighted by Gasteiger charge is -1.82. The van der Waals surface area contributed by atoms with Crippen LogP contribution in [0.4, 0.5) is 5.82 Å². The summed E-state index contributed by atoms with van der Waals surface area (Å²) in [6.45, 7) is 0. The molecule has 9 heteroatoms. The average Bonchev–Trinajstić information content (AvgIpc) is 2.97. The number of amides is 1. The number of rotatable bonds is 1. The molecule has 0 aliphatic carbocycles. The normalized spacial score (nSPS) is 9.78. The van der Waals surface area contributed by atoms with E-state index < -0.39 is 5.91 Å². The number of carbonyl (C=O) groups is 1. The van der Waals surface area contributed by atoms with Crippen LogP contribution in [0.3, 0.4) is 0 Å². The Labute approximate surface area is 101 Å². The lowest BCUT2D eigenvalue weighted by atomic mass is 10.6. The molecule has 3 aromatic rings. The maximum absolute atomic E-state index is 10.3. The minimum absolute atomic E-state index is 0.0903. The summed E-state index contributed by atoms with van der Waals surface area (Å²) in [5.41, 5.74) is 11.6. The van der Waals surface area contributed by atoms with Crippen molar-refractivity contribution in [1.29, 1.82) is 0 Å². The predicted octanol–water partition coefficient (Wildman–Crippen LogP) is -0.556. The van der Waals surface area contributed by atoms with Gasteiger partial charge >= 0.3 is 0 Å². The van der Waals surface area contributed by atoms with E-state index in [0.29, 0.717) is 11.5 Å². The van der Waals surface area contributed by atoms with E-state index in [-0.39, 0.29) is 5.82 Å². The second-order valence-electron chi connectivity index (χ2n) is 3.21. The number of nitrogens with two attached hydrogens (primary N) is 2. The van der Waals surface area contributed by atoms with Crippen molar-refractivity contribution in [2.45, 2.75) is 0 Å². The number of nitrogens with zero attached hydrogens (tertiary/aromatic N) is 4. The summed E-state index contributed by atoms with van der Waals surface area (Å²) >= 11 is 0. The third-order valence-corrected chi connectivity index (χ3v) is 1.93. The van der Waals surface area contributed by atoms with Crippen molar-refractivity contribution in [2.75, 3.05) is 5.73 Å². The number of fused-ring (bicyclic) bond motifs is 1. The molecule has 0 aromatic carbocycles. The highest BCUT2D eigenvalue weighted by molar-refractivity contribution is 5.89. The Kier molecular flexibility index (Phi) is 3.14. The molecular weight excluding hydrogens is 236 g/mol. The highest BCUT2D eigenvalue weighted by atomic mass is 16.1. The van der Waals surface area contributed by atoms with Gasteiger partial charge in [0.15, 0.2) is 11.5 Å². The number of primary amides is 1. The number of hydrogen-bond donors (Lipinski definition) is 4. The minimum Gasteiger partial charge on any atom is -0.384 e. The predicted molar refractivity (Wildman–Crippen MR) is 63.2 cm³/mol. The van der Waals surface area contributed by atoms with E-state index in [1.54, 1.807) is 12.5 Å². The van der Waals surface area contributed by atoms with Gasteiger partial charge in [-0.2, -0.15) is 0 Å². The van der Waals surface area contributed by atoms with Crippen molar-refractivity contribution in [3.63, 3.8) is 0 Å². The summed E-state index contributed by atoms with van der Waals surface area (Å²) in [6, 6.07) is 0. The van der Waals surface area contributed by atoms with Crippen LogP contribution in [-0.4, -0.2) is 35.8 Å². The Bertz CT molecular complexity index is 627. The molecule has 18 heavy (non-hydrogen) atoms. The van der Waals surface area contributed by atoms with Crippen LogP contribution < -0.4 is 11.5 Å². The molecule has 0 saturated heterocycles. The van der Waals surface area contributed by atoms with Gasteiger partial charge in [0.25, 0.3) is 5.91 Å². The van der Waals surface area contributed by atoms with Gasteiger partial charge in [0.1, 0.15) is 17.7 Å². The van der Waals surface area contributed by atoms with Gasteiger partial charge in [-0.25, -0.2) is 19.9 Å². The topological polar surface area (TPSA) is 152 Å². The number of aromatic amines is 2. The van der Waals surface area contributed by atoms with Gasteiger partial charge in [-0.1, -0.05) is 0 Å². The molecule has 0 atom stereocenters. The zero-order valence-electron chi connectivity index (χ0n) is 9.16. The SMILES string of the molecule is NC(=O)c1ncc(N)[nH]1.c1ncc2[nH]cnc2n1. The van der Waals surface area contributed by atoms with Gasteiger partial charge < -0.3 is 21.4 Å². The molecule has 0 saturated carbocycles. The monoisotopic (exact) mass is 246 g/mol. The van der Waals surface area contributed by atoms with Gasteiger partial charge in [0.2, 0.25) is 0 Å². The maximum Gasteiger partial charge on any atom is 0.284 e. The van der Waals surface area contributed by atoms with Crippen molar-refractivity contribution < 1.29 is 4.79 Å². The molecule has 0 aliphatic rings. The molecule has 0 spiro atoms. The minimum atomic E-state index is -0.605. The van der Waals surface area contributed by atoms with E-state index in [1.807, 2.05) is 0 Å². The standard InChI is InChI=1S/C5H4N4.C4H6N4O/c1-4-5(8-2-6-1)9-3-7-4;5-2-1-7-4(8-2)3(6)9/h1-3H,(H,6,7,8,9);1H,5H2,(H2,6,9)(H,7,8). The van der Waals surface area contributed by atoms with Crippen molar-refractivity contribution in [1.82, 2.24) is 29.9 Å². The van der Waals surface area contributed by atoms with Gasteiger partial charge in [0.05, 0.1) is 18.7 Å². The van der Waals surface area contributed by atoms with Gasteiger partial charge in [-0.15, -0.1) is 0 Å². The molecule has 0 aliphatic heterocycles. The fourth-order valence-corrected chi connectivity index (χ4v) is 1.15. The first kappa shape index (κ1) is 11.5. The fraction of sp³-hybridized carbons (Fsp3) is 0. The number of hydrogen-bond acceptors (Lipinski definition) is 6. The van der Waals surface area contributed by atoms with Crippen molar-refractivity contribution in [3.8, 4) is 0 Å². The van der Waals surface area contributed by atoms with E-state index in [1.165, 1.54) is 12.5 Å². The Hall–Kier alpha value is -2.97. The first-order valence-corrected chi connectivity index (χ1v) is 4.86. The van der Waals surface area contributed by atoms with Crippen LogP contribution in [-0.2, 0) is 0 Å². The molecule has 6 N–H and O–H groups in total. The number of aromatic nitrogens is 6. The second kappa shape index (κ2) is 4.91. The van der Waals surface area contributed by atoms with Crippen LogP contribution in [0.1, 0.15) is 10.6 Å². The zero-order chi connectivity index (χ0) is 13.0. The molecule has 0 radical (unpaired) electrons. The van der Waals surface area contributed by atoms with Crippen LogP contribution in [0.5, 0.6) is 0 Å². The van der Waals surface area contributed by atoms with E-state index in [0.717, 1.165) is 5.52 Å². The number of carbonyl (C=O) groups excluding carboxylic acids is 1. The summed E-state index contributed by atoms with van der Waals surface area (Å²) in [5.74, 6) is -0.178. The lowest BCUT2D eigenvalue weighted by molar-refractivity contribution is 0.0991. The Morgan fingerprint density at radius 1 is 1.22 bits per heavy atom. The summed E-state index contributed by atoms with van der Waals surface area (Å²) in [6.07, 6.45) is 6.10. The highest BCUT2D eigenvalue weighted by Crippen LogP contribution is 1.99. The van der Waals surface area contributed by atoms with E-state index in [9.17, 15) is 4.79 Å². The second-order valence-corrected chi connectivity index (χ2v) is 3.21.